The third-order valence-electron chi connectivity index (χ3n) is 4.37. The van der Waals surface area contributed by atoms with Crippen LogP contribution in [0.15, 0.2) is 66.5 Å². The highest BCUT2D eigenvalue weighted by atomic mass is 15.0. The zero-order chi connectivity index (χ0) is 18.2. The SMILES string of the molecule is C=C(Nc1ccc(CCc2ccccc2C)cc1C)/C(=C/C=N)NC. The smallest absolute Gasteiger partial charge is 0.0585 e. The molecule has 0 bridgehead atoms. The van der Waals surface area contributed by atoms with Crippen LogP contribution in [0.5, 0.6) is 0 Å². The summed E-state index contributed by atoms with van der Waals surface area (Å²) in [5.41, 5.74) is 7.88. The molecule has 3 N–H and O–H groups in total. The molecule has 0 amide bonds. The predicted molar refractivity (Wildman–Crippen MR) is 108 cm³/mol. The van der Waals surface area contributed by atoms with Crippen LogP contribution in [0.3, 0.4) is 0 Å². The van der Waals surface area contributed by atoms with E-state index in [0.717, 1.165) is 29.9 Å². The molecule has 0 saturated carbocycles. The lowest BCUT2D eigenvalue weighted by molar-refractivity contribution is 0.947. The van der Waals surface area contributed by atoms with Crippen molar-refractivity contribution in [2.24, 2.45) is 0 Å². The first kappa shape index (κ1) is 18.5. The van der Waals surface area contributed by atoms with Gasteiger partial charge in [0.1, 0.15) is 0 Å². The Balaban J connectivity index is 2.05. The van der Waals surface area contributed by atoms with E-state index in [9.17, 15) is 0 Å². The quantitative estimate of drug-likeness (QED) is 0.481. The van der Waals surface area contributed by atoms with Gasteiger partial charge >= 0.3 is 0 Å². The maximum Gasteiger partial charge on any atom is 0.0585 e. The van der Waals surface area contributed by atoms with Crippen molar-refractivity contribution in [3.05, 3.63) is 88.8 Å². The molecule has 0 radical (unpaired) electrons. The van der Waals surface area contributed by atoms with Crippen LogP contribution in [0.1, 0.15) is 22.3 Å². The molecule has 3 nitrogen and oxygen atoms in total. The van der Waals surface area contributed by atoms with Gasteiger partial charge in [-0.25, -0.2) is 0 Å². The first-order valence-electron chi connectivity index (χ1n) is 8.54. The van der Waals surface area contributed by atoms with Crippen LogP contribution >= 0.6 is 0 Å². The summed E-state index contributed by atoms with van der Waals surface area (Å²) in [6, 6.07) is 15.1. The standard InChI is InChI=1S/C22H27N3/c1-16-7-5-6-8-20(16)11-9-19-10-12-21(17(2)15-19)25-18(3)22(24-4)13-14-23/h5-8,10,12-15,23-25H,3,9,11H2,1-2,4H3/b22-13-,23-14?. The summed E-state index contributed by atoms with van der Waals surface area (Å²) in [4.78, 5) is 0. The van der Waals surface area contributed by atoms with Crippen LogP contribution in [-0.4, -0.2) is 13.3 Å². The fourth-order valence-electron chi connectivity index (χ4n) is 2.84. The Kier molecular flexibility index (Phi) is 6.58. The minimum Gasteiger partial charge on any atom is -0.386 e. The van der Waals surface area contributed by atoms with E-state index in [2.05, 4.69) is 73.5 Å². The Morgan fingerprint density at radius 3 is 2.48 bits per heavy atom. The molecule has 0 aliphatic heterocycles. The average Bonchev–Trinajstić information content (AvgIpc) is 2.61. The zero-order valence-electron chi connectivity index (χ0n) is 15.3. The molecule has 0 saturated heterocycles. The van der Waals surface area contributed by atoms with Crippen molar-refractivity contribution >= 4 is 11.9 Å². The van der Waals surface area contributed by atoms with E-state index in [1.54, 1.807) is 6.08 Å². The molecule has 0 spiro atoms. The van der Waals surface area contributed by atoms with Crippen LogP contribution < -0.4 is 10.6 Å². The summed E-state index contributed by atoms with van der Waals surface area (Å²) in [5, 5.41) is 13.6. The second-order valence-electron chi connectivity index (χ2n) is 6.18. The van der Waals surface area contributed by atoms with Crippen molar-refractivity contribution in [3.63, 3.8) is 0 Å². The molecule has 0 fully saturated rings. The number of benzene rings is 2. The number of anilines is 1. The number of hydrogen-bond donors (Lipinski definition) is 3. The van der Waals surface area contributed by atoms with Gasteiger partial charge in [0.15, 0.2) is 0 Å². The van der Waals surface area contributed by atoms with Crippen LogP contribution in [0.2, 0.25) is 0 Å². The molecule has 130 valence electrons. The van der Waals surface area contributed by atoms with E-state index in [1.807, 2.05) is 7.05 Å². The summed E-state index contributed by atoms with van der Waals surface area (Å²) in [6.45, 7) is 8.31. The van der Waals surface area contributed by atoms with E-state index in [4.69, 9.17) is 5.41 Å². The van der Waals surface area contributed by atoms with Gasteiger partial charge in [-0.3, -0.25) is 0 Å². The second kappa shape index (κ2) is 8.88. The monoisotopic (exact) mass is 333 g/mol. The van der Waals surface area contributed by atoms with E-state index < -0.39 is 0 Å². The number of rotatable bonds is 8. The van der Waals surface area contributed by atoms with E-state index in [-0.39, 0.29) is 0 Å². The molecular formula is C22H27N3. The molecule has 0 heterocycles. The lowest BCUT2D eigenvalue weighted by Crippen LogP contribution is -2.14. The van der Waals surface area contributed by atoms with E-state index >= 15 is 0 Å². The Morgan fingerprint density at radius 2 is 1.84 bits per heavy atom. The van der Waals surface area contributed by atoms with Crippen LogP contribution in [0.4, 0.5) is 5.69 Å². The predicted octanol–water partition coefficient (Wildman–Crippen LogP) is 4.77. The summed E-state index contributed by atoms with van der Waals surface area (Å²) in [7, 11) is 1.82. The van der Waals surface area contributed by atoms with Gasteiger partial charge in [-0.05, 0) is 61.1 Å². The molecule has 2 aromatic carbocycles. The van der Waals surface area contributed by atoms with Crippen LogP contribution in [0, 0.1) is 19.3 Å². The van der Waals surface area contributed by atoms with Gasteiger partial charge in [-0.2, -0.15) is 0 Å². The fourth-order valence-corrected chi connectivity index (χ4v) is 2.84. The lowest BCUT2D eigenvalue weighted by Gasteiger charge is -2.15. The first-order valence-corrected chi connectivity index (χ1v) is 8.54. The minimum absolute atomic E-state index is 0.752. The van der Waals surface area contributed by atoms with Crippen molar-refractivity contribution in [1.29, 1.82) is 5.41 Å². The van der Waals surface area contributed by atoms with E-state index in [1.165, 1.54) is 28.5 Å². The molecule has 2 aromatic rings. The number of nitrogens with one attached hydrogen (secondary N) is 3. The zero-order valence-corrected chi connectivity index (χ0v) is 15.3. The average molecular weight is 333 g/mol. The molecular weight excluding hydrogens is 306 g/mol. The molecule has 0 aliphatic carbocycles. The number of hydrogen-bond acceptors (Lipinski definition) is 3. The van der Waals surface area contributed by atoms with Gasteiger partial charge < -0.3 is 16.0 Å². The van der Waals surface area contributed by atoms with E-state index in [0.29, 0.717) is 0 Å². The first-order chi connectivity index (χ1) is 12.0. The maximum atomic E-state index is 7.20. The molecule has 0 aromatic heterocycles. The Labute approximate surface area is 151 Å². The normalized spacial score (nSPS) is 11.1. The Morgan fingerprint density at radius 1 is 1.08 bits per heavy atom. The Hall–Kier alpha value is -2.81. The van der Waals surface area contributed by atoms with Crippen molar-refractivity contribution < 1.29 is 0 Å². The van der Waals surface area contributed by atoms with Gasteiger partial charge in [-0.1, -0.05) is 43.0 Å². The Bertz CT molecular complexity index is 788. The molecule has 0 unspecified atom stereocenters. The third kappa shape index (κ3) is 5.08. The fraction of sp³-hybridized carbons (Fsp3) is 0.227. The number of allylic oxidation sites excluding steroid dienone is 1. The molecule has 0 aliphatic rings. The number of aryl methyl sites for hydroxylation is 4. The highest BCUT2D eigenvalue weighted by Gasteiger charge is 2.05. The summed E-state index contributed by atoms with van der Waals surface area (Å²) in [6.07, 6.45) is 5.02. The molecule has 2 rings (SSSR count). The van der Waals surface area contributed by atoms with Crippen molar-refractivity contribution in [2.75, 3.05) is 12.4 Å². The van der Waals surface area contributed by atoms with Gasteiger partial charge in [0.25, 0.3) is 0 Å². The van der Waals surface area contributed by atoms with Crippen molar-refractivity contribution in [1.82, 2.24) is 5.32 Å². The largest absolute Gasteiger partial charge is 0.386 e. The summed E-state index contributed by atoms with van der Waals surface area (Å²) in [5.74, 6) is 0. The third-order valence-corrected chi connectivity index (χ3v) is 4.37. The highest BCUT2D eigenvalue weighted by Crippen LogP contribution is 2.21. The van der Waals surface area contributed by atoms with Crippen molar-refractivity contribution in [2.45, 2.75) is 26.7 Å². The lowest BCUT2D eigenvalue weighted by atomic mass is 9.99. The number of likely N-dealkylation sites (N-methyl/N-ethyl adjacent to an activating group) is 1. The summed E-state index contributed by atoms with van der Waals surface area (Å²) >= 11 is 0. The molecule has 3 heteroatoms. The van der Waals surface area contributed by atoms with Crippen LogP contribution in [-0.2, 0) is 12.8 Å². The molecule has 25 heavy (non-hydrogen) atoms. The second-order valence-corrected chi connectivity index (χ2v) is 6.18. The van der Waals surface area contributed by atoms with Gasteiger partial charge in [0.05, 0.1) is 11.4 Å². The maximum absolute atomic E-state index is 7.20. The van der Waals surface area contributed by atoms with Gasteiger partial charge in [0.2, 0.25) is 0 Å². The van der Waals surface area contributed by atoms with Crippen LogP contribution in [0.25, 0.3) is 0 Å². The highest BCUT2D eigenvalue weighted by molar-refractivity contribution is 5.71. The van der Waals surface area contributed by atoms with Crippen molar-refractivity contribution in [3.8, 4) is 0 Å². The van der Waals surface area contributed by atoms with Gasteiger partial charge in [-0.15, -0.1) is 0 Å². The molecule has 0 atom stereocenters. The van der Waals surface area contributed by atoms with Gasteiger partial charge in [0, 0.05) is 18.9 Å². The topological polar surface area (TPSA) is 47.9 Å². The minimum atomic E-state index is 0.752. The summed E-state index contributed by atoms with van der Waals surface area (Å²) < 4.78 is 0.